The Balaban J connectivity index is 2.23. The molecule has 0 spiro atoms. The maximum atomic E-state index is 5.86. The van der Waals surface area contributed by atoms with E-state index in [2.05, 4.69) is 52.8 Å². The monoisotopic (exact) mass is 443 g/mol. The van der Waals surface area contributed by atoms with Gasteiger partial charge in [0.2, 0.25) is 5.89 Å². The van der Waals surface area contributed by atoms with Gasteiger partial charge in [-0.05, 0) is 74.7 Å². The summed E-state index contributed by atoms with van der Waals surface area (Å²) in [5, 5.41) is 0. The molecule has 19 heavy (non-hydrogen) atoms. The fourth-order valence-electron chi connectivity index (χ4n) is 1.90. The van der Waals surface area contributed by atoms with E-state index in [0.717, 1.165) is 35.6 Å². The number of aromatic nitrogens is 1. The van der Waals surface area contributed by atoms with Crippen molar-refractivity contribution in [1.82, 2.24) is 4.98 Å². The molecule has 0 bridgehead atoms. The van der Waals surface area contributed by atoms with Crippen molar-refractivity contribution in [1.29, 1.82) is 0 Å². The molecule has 2 nitrogen and oxygen atoms in total. The predicted octanol–water partition coefficient (Wildman–Crippen LogP) is 6.09. The van der Waals surface area contributed by atoms with Gasteiger partial charge in [-0.1, -0.05) is 15.9 Å². The van der Waals surface area contributed by atoms with E-state index >= 15 is 0 Å². The second-order valence-corrected chi connectivity index (χ2v) is 6.86. The number of rotatable bonds is 1. The first-order valence-corrected chi connectivity index (χ1v) is 7.94. The Morgan fingerprint density at radius 2 is 1.79 bits per heavy atom. The van der Waals surface area contributed by atoms with Crippen molar-refractivity contribution in [2.24, 2.45) is 0 Å². The summed E-state index contributed by atoms with van der Waals surface area (Å²) in [5.74, 6) is 0.612. The van der Waals surface area contributed by atoms with Crippen LogP contribution in [-0.2, 0) is 0 Å². The average molecular weight is 446 g/mol. The highest BCUT2D eigenvalue weighted by atomic mass is 79.9. The van der Waals surface area contributed by atoms with Crippen molar-refractivity contribution in [3.63, 3.8) is 0 Å². The summed E-state index contributed by atoms with van der Waals surface area (Å²) in [7, 11) is 0. The second kappa shape index (κ2) is 5.04. The lowest BCUT2D eigenvalue weighted by atomic mass is 10.2. The van der Waals surface area contributed by atoms with Crippen LogP contribution in [0.2, 0.25) is 0 Å². The number of oxazole rings is 1. The minimum absolute atomic E-state index is 0.612. The Bertz CT molecular complexity index is 780. The smallest absolute Gasteiger partial charge is 0.228 e. The third-order valence-electron chi connectivity index (χ3n) is 2.75. The molecule has 0 saturated heterocycles. The number of aryl methyl sites for hydroxylation is 1. The molecule has 1 aromatic heterocycles. The van der Waals surface area contributed by atoms with E-state index in [1.165, 1.54) is 0 Å². The van der Waals surface area contributed by atoms with Crippen molar-refractivity contribution in [3.05, 3.63) is 49.3 Å². The van der Waals surface area contributed by atoms with Crippen LogP contribution in [0.3, 0.4) is 0 Å². The van der Waals surface area contributed by atoms with E-state index in [4.69, 9.17) is 4.42 Å². The van der Waals surface area contributed by atoms with Gasteiger partial charge in [-0.3, -0.25) is 0 Å². The number of halogens is 3. The molecule has 0 radical (unpaired) electrons. The predicted molar refractivity (Wildman–Crippen MR) is 87.3 cm³/mol. The van der Waals surface area contributed by atoms with Gasteiger partial charge in [-0.2, -0.15) is 0 Å². The van der Waals surface area contributed by atoms with Crippen molar-refractivity contribution < 1.29 is 4.42 Å². The normalized spacial score (nSPS) is 11.2. The Kier molecular flexibility index (Phi) is 3.53. The molecule has 0 fully saturated rings. The molecule has 3 rings (SSSR count). The van der Waals surface area contributed by atoms with Gasteiger partial charge in [0, 0.05) is 8.95 Å². The molecule has 5 heteroatoms. The van der Waals surface area contributed by atoms with E-state index < -0.39 is 0 Å². The van der Waals surface area contributed by atoms with Crippen molar-refractivity contribution >= 4 is 58.9 Å². The molecular formula is C14H8Br3NO. The first kappa shape index (κ1) is 13.3. The number of nitrogens with zero attached hydrogens (tertiary/aromatic N) is 1. The number of fused-ring (bicyclic) bond motifs is 1. The number of benzene rings is 2. The van der Waals surface area contributed by atoms with Gasteiger partial charge in [0.1, 0.15) is 5.52 Å². The molecule has 0 aliphatic carbocycles. The van der Waals surface area contributed by atoms with Gasteiger partial charge in [0.05, 0.1) is 10.0 Å². The zero-order valence-corrected chi connectivity index (χ0v) is 14.6. The largest absolute Gasteiger partial charge is 0.435 e. The van der Waals surface area contributed by atoms with Crippen LogP contribution in [0.4, 0.5) is 0 Å². The highest BCUT2D eigenvalue weighted by Gasteiger charge is 2.13. The topological polar surface area (TPSA) is 26.0 Å². The van der Waals surface area contributed by atoms with Crippen molar-refractivity contribution in [3.8, 4) is 11.5 Å². The maximum absolute atomic E-state index is 5.86. The SMILES string of the molecule is Cc1cc(Br)c2oc(-c3ccc(Br)cc3Br)nc2c1. The first-order chi connectivity index (χ1) is 9.04. The Morgan fingerprint density at radius 3 is 2.53 bits per heavy atom. The molecule has 96 valence electrons. The average Bonchev–Trinajstić information content (AvgIpc) is 2.72. The molecule has 3 aromatic rings. The molecule has 1 heterocycles. The van der Waals surface area contributed by atoms with Gasteiger partial charge in [0.25, 0.3) is 0 Å². The molecule has 0 N–H and O–H groups in total. The molecule has 0 amide bonds. The minimum Gasteiger partial charge on any atom is -0.435 e. The lowest BCUT2D eigenvalue weighted by Gasteiger charge is -1.99. The van der Waals surface area contributed by atoms with Crippen LogP contribution in [0.15, 0.2) is 48.2 Å². The molecule has 2 aromatic carbocycles. The summed E-state index contributed by atoms with van der Waals surface area (Å²) >= 11 is 10.5. The summed E-state index contributed by atoms with van der Waals surface area (Å²) in [6.07, 6.45) is 0. The van der Waals surface area contributed by atoms with Crippen LogP contribution in [0, 0.1) is 6.92 Å². The number of hydrogen-bond donors (Lipinski definition) is 0. The summed E-state index contributed by atoms with van der Waals surface area (Å²) in [4.78, 5) is 4.55. The van der Waals surface area contributed by atoms with Crippen LogP contribution in [0.1, 0.15) is 5.56 Å². The maximum Gasteiger partial charge on any atom is 0.228 e. The Morgan fingerprint density at radius 1 is 1.00 bits per heavy atom. The van der Waals surface area contributed by atoms with Crippen LogP contribution < -0.4 is 0 Å². The molecule has 0 atom stereocenters. The second-order valence-electron chi connectivity index (χ2n) is 4.24. The minimum atomic E-state index is 0.612. The summed E-state index contributed by atoms with van der Waals surface area (Å²) in [6, 6.07) is 9.95. The number of hydrogen-bond acceptors (Lipinski definition) is 2. The van der Waals surface area contributed by atoms with Gasteiger partial charge in [-0.25, -0.2) is 4.98 Å². The third-order valence-corrected chi connectivity index (χ3v) is 4.49. The Labute approximate surface area is 135 Å². The van der Waals surface area contributed by atoms with Gasteiger partial charge < -0.3 is 4.42 Å². The van der Waals surface area contributed by atoms with E-state index in [1.807, 2.05) is 37.3 Å². The van der Waals surface area contributed by atoms with E-state index in [9.17, 15) is 0 Å². The van der Waals surface area contributed by atoms with Crippen LogP contribution in [-0.4, -0.2) is 4.98 Å². The zero-order chi connectivity index (χ0) is 13.6. The first-order valence-electron chi connectivity index (χ1n) is 5.57. The Hall–Kier alpha value is -0.650. The highest BCUT2D eigenvalue weighted by molar-refractivity contribution is 9.11. The molecule has 0 saturated carbocycles. The highest BCUT2D eigenvalue weighted by Crippen LogP contribution is 2.34. The van der Waals surface area contributed by atoms with Crippen molar-refractivity contribution in [2.75, 3.05) is 0 Å². The summed E-state index contributed by atoms with van der Waals surface area (Å²) in [6.45, 7) is 2.04. The summed E-state index contributed by atoms with van der Waals surface area (Å²) in [5.41, 5.74) is 3.71. The molecule has 0 unspecified atom stereocenters. The fourth-order valence-corrected chi connectivity index (χ4v) is 3.76. The molecule has 0 aliphatic heterocycles. The standard InChI is InChI=1S/C14H8Br3NO/c1-7-4-11(17)13-12(5-7)18-14(19-13)9-3-2-8(15)6-10(9)16/h2-6H,1H3. The van der Waals surface area contributed by atoms with E-state index in [1.54, 1.807) is 0 Å². The third kappa shape index (κ3) is 2.51. The lowest BCUT2D eigenvalue weighted by Crippen LogP contribution is -1.79. The fraction of sp³-hybridized carbons (Fsp3) is 0.0714. The van der Waals surface area contributed by atoms with Crippen LogP contribution in [0.5, 0.6) is 0 Å². The van der Waals surface area contributed by atoms with Gasteiger partial charge in [-0.15, -0.1) is 0 Å². The molecular weight excluding hydrogens is 438 g/mol. The quantitative estimate of drug-likeness (QED) is 0.453. The van der Waals surface area contributed by atoms with Crippen molar-refractivity contribution in [2.45, 2.75) is 6.92 Å². The summed E-state index contributed by atoms with van der Waals surface area (Å²) < 4.78 is 8.74. The van der Waals surface area contributed by atoms with Crippen LogP contribution >= 0.6 is 47.8 Å². The van der Waals surface area contributed by atoms with Gasteiger partial charge >= 0.3 is 0 Å². The molecule has 0 aliphatic rings. The van der Waals surface area contributed by atoms with Gasteiger partial charge in [0.15, 0.2) is 5.58 Å². The van der Waals surface area contributed by atoms with Crippen LogP contribution in [0.25, 0.3) is 22.6 Å². The van der Waals surface area contributed by atoms with E-state index in [0.29, 0.717) is 5.89 Å². The van der Waals surface area contributed by atoms with E-state index in [-0.39, 0.29) is 0 Å². The zero-order valence-electron chi connectivity index (χ0n) is 9.88. The lowest BCUT2D eigenvalue weighted by molar-refractivity contribution is 0.617.